The maximum Gasteiger partial charge on any atom is 0.238 e. The van der Waals surface area contributed by atoms with Gasteiger partial charge in [0.05, 0.1) is 0 Å². The lowest BCUT2D eigenvalue weighted by Crippen LogP contribution is -2.44. The van der Waals surface area contributed by atoms with Crippen LogP contribution in [0.5, 0.6) is 0 Å². The Balaban J connectivity index is 1.36. The highest BCUT2D eigenvalue weighted by atomic mass is 32.1. The van der Waals surface area contributed by atoms with Crippen molar-refractivity contribution in [1.82, 2.24) is 10.9 Å². The number of carbonyl (C=O) groups is 1. The average molecular weight is 360 g/mol. The van der Waals surface area contributed by atoms with E-state index in [-0.39, 0.29) is 5.91 Å². The van der Waals surface area contributed by atoms with E-state index in [0.29, 0.717) is 17.5 Å². The molecule has 0 aliphatic heterocycles. The van der Waals surface area contributed by atoms with Gasteiger partial charge in [0.25, 0.3) is 0 Å². The molecule has 2 fully saturated rings. The van der Waals surface area contributed by atoms with Crippen LogP contribution in [-0.2, 0) is 11.2 Å². The number of hydrogen-bond donors (Lipinski definition) is 3. The SMILES string of the molecule is CCCCc1ccc(NC(=S)NNC(=O)C[C@H]2C[C@@H]3CC[C@@H]2C3)cc1. The van der Waals surface area contributed by atoms with Crippen LogP contribution in [0.2, 0.25) is 0 Å². The predicted octanol–water partition coefficient (Wildman–Crippen LogP) is 4.17. The highest BCUT2D eigenvalue weighted by Gasteiger charge is 2.40. The van der Waals surface area contributed by atoms with E-state index in [4.69, 9.17) is 12.2 Å². The Morgan fingerprint density at radius 2 is 1.96 bits per heavy atom. The summed E-state index contributed by atoms with van der Waals surface area (Å²) in [5.41, 5.74) is 7.82. The zero-order valence-corrected chi connectivity index (χ0v) is 15.8. The number of unbranched alkanes of at least 4 members (excludes halogenated alkanes) is 1. The summed E-state index contributed by atoms with van der Waals surface area (Å²) in [5.74, 6) is 2.25. The molecule has 3 rings (SSSR count). The number of rotatable bonds is 6. The Morgan fingerprint density at radius 1 is 1.16 bits per heavy atom. The molecule has 0 unspecified atom stereocenters. The van der Waals surface area contributed by atoms with Crippen molar-refractivity contribution in [3.63, 3.8) is 0 Å². The van der Waals surface area contributed by atoms with Gasteiger partial charge in [-0.25, -0.2) is 0 Å². The molecule has 0 heterocycles. The molecule has 2 aliphatic carbocycles. The molecule has 4 nitrogen and oxygen atoms in total. The molecule has 2 bridgehead atoms. The molecular weight excluding hydrogens is 330 g/mol. The Labute approximate surface area is 156 Å². The van der Waals surface area contributed by atoms with Gasteiger partial charge in [0.2, 0.25) is 5.91 Å². The second-order valence-electron chi connectivity index (χ2n) is 7.57. The summed E-state index contributed by atoms with van der Waals surface area (Å²) in [4.78, 5) is 12.1. The van der Waals surface area contributed by atoms with Gasteiger partial charge < -0.3 is 5.32 Å². The first-order valence-electron chi connectivity index (χ1n) is 9.58. The highest BCUT2D eigenvalue weighted by Crippen LogP contribution is 2.49. The van der Waals surface area contributed by atoms with Crippen molar-refractivity contribution >= 4 is 28.9 Å². The van der Waals surface area contributed by atoms with E-state index in [2.05, 4.69) is 35.2 Å². The first-order chi connectivity index (χ1) is 12.1. The maximum atomic E-state index is 12.1. The van der Waals surface area contributed by atoms with Gasteiger partial charge in [0.1, 0.15) is 0 Å². The van der Waals surface area contributed by atoms with Gasteiger partial charge in [-0.05, 0) is 79.8 Å². The summed E-state index contributed by atoms with van der Waals surface area (Å²) in [6.45, 7) is 2.20. The lowest BCUT2D eigenvalue weighted by molar-refractivity contribution is -0.122. The van der Waals surface area contributed by atoms with Crippen LogP contribution in [0, 0.1) is 17.8 Å². The van der Waals surface area contributed by atoms with Crippen LogP contribution in [-0.4, -0.2) is 11.0 Å². The first kappa shape index (κ1) is 18.2. The lowest BCUT2D eigenvalue weighted by atomic mass is 9.86. The number of aryl methyl sites for hydroxylation is 1. The fourth-order valence-electron chi connectivity index (χ4n) is 4.34. The predicted molar refractivity (Wildman–Crippen MR) is 106 cm³/mol. The Hall–Kier alpha value is -1.62. The molecule has 5 heteroatoms. The number of nitrogens with one attached hydrogen (secondary N) is 3. The number of hydrazine groups is 1. The molecule has 0 radical (unpaired) electrons. The van der Waals surface area contributed by atoms with Crippen LogP contribution in [0.15, 0.2) is 24.3 Å². The second kappa shape index (κ2) is 8.65. The minimum atomic E-state index is 0.0385. The fourth-order valence-corrected chi connectivity index (χ4v) is 4.51. The van der Waals surface area contributed by atoms with Gasteiger partial charge in [-0.1, -0.05) is 31.9 Å². The summed E-state index contributed by atoms with van der Waals surface area (Å²) in [6, 6.07) is 8.29. The number of thiocarbonyl (C=S) groups is 1. The van der Waals surface area contributed by atoms with Crippen LogP contribution in [0.3, 0.4) is 0 Å². The standard InChI is InChI=1S/C20H29N3OS/c1-2-3-4-14-6-9-18(10-7-14)21-20(25)23-22-19(24)13-17-12-15-5-8-16(17)11-15/h6-7,9-10,15-17H,2-5,8,11-13H2,1H3,(H,22,24)(H2,21,23,25)/t15-,16-,17-/m1/s1. The third-order valence-corrected chi connectivity index (χ3v) is 5.88. The lowest BCUT2D eigenvalue weighted by Gasteiger charge is -2.21. The van der Waals surface area contributed by atoms with E-state index in [9.17, 15) is 4.79 Å². The molecule has 2 saturated carbocycles. The second-order valence-corrected chi connectivity index (χ2v) is 7.98. The molecule has 1 amide bonds. The molecule has 0 saturated heterocycles. The monoisotopic (exact) mass is 359 g/mol. The summed E-state index contributed by atoms with van der Waals surface area (Å²) in [5, 5.41) is 3.53. The van der Waals surface area contributed by atoms with Gasteiger partial charge in [0.15, 0.2) is 5.11 Å². The number of anilines is 1. The summed E-state index contributed by atoms with van der Waals surface area (Å²) < 4.78 is 0. The number of hydrogen-bond acceptors (Lipinski definition) is 2. The fraction of sp³-hybridized carbons (Fsp3) is 0.600. The first-order valence-corrected chi connectivity index (χ1v) is 9.99. The van der Waals surface area contributed by atoms with Crippen molar-refractivity contribution in [2.24, 2.45) is 17.8 Å². The zero-order valence-electron chi connectivity index (χ0n) is 15.0. The number of benzene rings is 1. The van der Waals surface area contributed by atoms with Gasteiger partial charge >= 0.3 is 0 Å². The summed E-state index contributed by atoms with van der Waals surface area (Å²) >= 11 is 5.26. The molecule has 25 heavy (non-hydrogen) atoms. The Morgan fingerprint density at radius 3 is 2.60 bits per heavy atom. The minimum absolute atomic E-state index is 0.0385. The number of carbonyl (C=O) groups excluding carboxylic acids is 1. The summed E-state index contributed by atoms with van der Waals surface area (Å²) in [7, 11) is 0. The molecule has 0 aromatic heterocycles. The average Bonchev–Trinajstić information content (AvgIpc) is 3.22. The Kier molecular flexibility index (Phi) is 6.29. The van der Waals surface area contributed by atoms with Crippen LogP contribution >= 0.6 is 12.2 Å². The van der Waals surface area contributed by atoms with Crippen LogP contribution in [0.4, 0.5) is 5.69 Å². The van der Waals surface area contributed by atoms with Crippen LogP contribution in [0.1, 0.15) is 57.4 Å². The maximum absolute atomic E-state index is 12.1. The molecule has 0 spiro atoms. The third kappa shape index (κ3) is 5.18. The van der Waals surface area contributed by atoms with E-state index in [1.807, 2.05) is 12.1 Å². The zero-order chi connectivity index (χ0) is 17.6. The topological polar surface area (TPSA) is 53.2 Å². The van der Waals surface area contributed by atoms with Gasteiger partial charge in [0, 0.05) is 12.1 Å². The molecule has 2 aliphatic rings. The minimum Gasteiger partial charge on any atom is -0.331 e. The number of fused-ring (bicyclic) bond motifs is 2. The van der Waals surface area contributed by atoms with Gasteiger partial charge in [-0.2, -0.15) is 0 Å². The summed E-state index contributed by atoms with van der Waals surface area (Å²) in [6.07, 6.45) is 9.38. The molecular formula is C20H29N3OS. The van der Waals surface area contributed by atoms with Crippen LogP contribution < -0.4 is 16.2 Å². The van der Waals surface area contributed by atoms with E-state index in [1.165, 1.54) is 44.1 Å². The molecule has 1 aromatic rings. The Bertz CT molecular complexity index is 601. The molecule has 3 atom stereocenters. The molecule has 3 N–H and O–H groups in total. The van der Waals surface area contributed by atoms with Crippen molar-refractivity contribution in [2.45, 2.75) is 58.3 Å². The largest absolute Gasteiger partial charge is 0.331 e. The number of amides is 1. The van der Waals surface area contributed by atoms with Crippen molar-refractivity contribution in [3.05, 3.63) is 29.8 Å². The smallest absolute Gasteiger partial charge is 0.238 e. The van der Waals surface area contributed by atoms with E-state index >= 15 is 0 Å². The van der Waals surface area contributed by atoms with E-state index in [0.717, 1.165) is 23.9 Å². The van der Waals surface area contributed by atoms with Crippen molar-refractivity contribution in [2.75, 3.05) is 5.32 Å². The van der Waals surface area contributed by atoms with Gasteiger partial charge in [-0.3, -0.25) is 15.6 Å². The normalized spacial score (nSPS) is 24.1. The van der Waals surface area contributed by atoms with Gasteiger partial charge in [-0.15, -0.1) is 0 Å². The van der Waals surface area contributed by atoms with E-state index in [1.54, 1.807) is 0 Å². The molecule has 136 valence electrons. The van der Waals surface area contributed by atoms with Crippen molar-refractivity contribution < 1.29 is 4.79 Å². The van der Waals surface area contributed by atoms with Crippen molar-refractivity contribution in [3.8, 4) is 0 Å². The third-order valence-electron chi connectivity index (χ3n) is 5.68. The highest BCUT2D eigenvalue weighted by molar-refractivity contribution is 7.80. The quantitative estimate of drug-likeness (QED) is 0.527. The van der Waals surface area contributed by atoms with Crippen molar-refractivity contribution in [1.29, 1.82) is 0 Å². The van der Waals surface area contributed by atoms with Crippen LogP contribution in [0.25, 0.3) is 0 Å². The molecule has 1 aromatic carbocycles. The van der Waals surface area contributed by atoms with E-state index < -0.39 is 0 Å².